The van der Waals surface area contributed by atoms with E-state index in [1.807, 2.05) is 0 Å². The average Bonchev–Trinajstić information content (AvgIpc) is 2.53. The molecule has 0 radical (unpaired) electrons. The molecule has 0 aliphatic heterocycles. The lowest BCUT2D eigenvalue weighted by Crippen LogP contribution is -2.33. The summed E-state index contributed by atoms with van der Waals surface area (Å²) in [7, 11) is 0. The van der Waals surface area contributed by atoms with Crippen molar-refractivity contribution < 1.29 is 13.6 Å². The molecule has 0 saturated heterocycles. The van der Waals surface area contributed by atoms with Crippen LogP contribution in [-0.4, -0.2) is 15.5 Å². The Bertz CT molecular complexity index is 663. The number of nitrogens with zero attached hydrogens (tertiary/aromatic N) is 2. The van der Waals surface area contributed by atoms with Gasteiger partial charge < -0.3 is 16.0 Å². The predicted molar refractivity (Wildman–Crippen MR) is 67.2 cm³/mol. The largest absolute Gasteiger partial charge is 0.370 e. The van der Waals surface area contributed by atoms with Crippen molar-refractivity contribution in [2.75, 3.05) is 5.73 Å². The summed E-state index contributed by atoms with van der Waals surface area (Å²) < 4.78 is 28.4. The summed E-state index contributed by atoms with van der Waals surface area (Å²) in [5, 5.41) is 0. The molecule has 0 saturated carbocycles. The predicted octanol–water partition coefficient (Wildman–Crippen LogP) is 1.51. The van der Waals surface area contributed by atoms with Gasteiger partial charge in [0.2, 0.25) is 11.9 Å². The number of anilines is 1. The first-order valence-corrected chi connectivity index (χ1v) is 5.64. The Morgan fingerprint density at radius 2 is 2.05 bits per heavy atom. The van der Waals surface area contributed by atoms with Crippen LogP contribution in [0.15, 0.2) is 12.1 Å². The first kappa shape index (κ1) is 13.3. The number of hydrogen-bond donors (Lipinski definition) is 2. The standard InChI is InChI=1S/C12H14F2N4O/c1-12(2,5-9(15)19)18-8-4-6(13)3-7(14)10(8)17-11(18)16/h3-4H,5H2,1-2H3,(H2,15,19)(H2,16,17). The van der Waals surface area contributed by atoms with Gasteiger partial charge in [0, 0.05) is 18.6 Å². The van der Waals surface area contributed by atoms with Gasteiger partial charge in [-0.2, -0.15) is 0 Å². The summed E-state index contributed by atoms with van der Waals surface area (Å²) >= 11 is 0. The number of nitrogens with two attached hydrogens (primary N) is 2. The van der Waals surface area contributed by atoms with E-state index in [1.54, 1.807) is 13.8 Å². The van der Waals surface area contributed by atoms with Gasteiger partial charge in [-0.15, -0.1) is 0 Å². The van der Waals surface area contributed by atoms with Crippen LogP contribution in [0, 0.1) is 11.6 Å². The highest BCUT2D eigenvalue weighted by atomic mass is 19.1. The van der Waals surface area contributed by atoms with Gasteiger partial charge in [0.25, 0.3) is 0 Å². The molecule has 0 atom stereocenters. The summed E-state index contributed by atoms with van der Waals surface area (Å²) in [6, 6.07) is 1.87. The summed E-state index contributed by atoms with van der Waals surface area (Å²) in [6.45, 7) is 3.39. The minimum absolute atomic E-state index is 0.00532. The van der Waals surface area contributed by atoms with Crippen LogP contribution >= 0.6 is 0 Å². The van der Waals surface area contributed by atoms with Crippen molar-refractivity contribution >= 4 is 22.9 Å². The lowest BCUT2D eigenvalue weighted by atomic mass is 9.99. The number of fused-ring (bicyclic) bond motifs is 1. The van der Waals surface area contributed by atoms with Crippen molar-refractivity contribution in [2.45, 2.75) is 25.8 Å². The molecule has 0 spiro atoms. The van der Waals surface area contributed by atoms with E-state index in [1.165, 1.54) is 4.57 Å². The molecule has 19 heavy (non-hydrogen) atoms. The number of amides is 1. The summed E-state index contributed by atoms with van der Waals surface area (Å²) in [5.74, 6) is -2.06. The number of rotatable bonds is 3. The van der Waals surface area contributed by atoms with Gasteiger partial charge in [-0.1, -0.05) is 0 Å². The van der Waals surface area contributed by atoms with E-state index in [-0.39, 0.29) is 23.4 Å². The molecular formula is C12H14F2N4O. The number of nitrogen functional groups attached to an aromatic ring is 1. The topological polar surface area (TPSA) is 86.9 Å². The highest BCUT2D eigenvalue weighted by molar-refractivity contribution is 5.80. The number of aromatic nitrogens is 2. The van der Waals surface area contributed by atoms with Gasteiger partial charge in [0.15, 0.2) is 5.82 Å². The zero-order valence-corrected chi connectivity index (χ0v) is 10.6. The Balaban J connectivity index is 2.73. The van der Waals surface area contributed by atoms with Crippen molar-refractivity contribution in [3.05, 3.63) is 23.8 Å². The fourth-order valence-corrected chi connectivity index (χ4v) is 2.26. The van der Waals surface area contributed by atoms with Gasteiger partial charge in [0.1, 0.15) is 11.3 Å². The molecule has 1 aromatic heterocycles. The van der Waals surface area contributed by atoms with Gasteiger partial charge in [-0.05, 0) is 13.8 Å². The minimum Gasteiger partial charge on any atom is -0.370 e. The third-order valence-electron chi connectivity index (χ3n) is 2.92. The van der Waals surface area contributed by atoms with Gasteiger partial charge in [-0.25, -0.2) is 13.8 Å². The molecule has 4 N–H and O–H groups in total. The molecule has 102 valence electrons. The highest BCUT2D eigenvalue weighted by Gasteiger charge is 2.28. The van der Waals surface area contributed by atoms with Crippen molar-refractivity contribution in [3.8, 4) is 0 Å². The van der Waals surface area contributed by atoms with E-state index in [0.717, 1.165) is 12.1 Å². The molecule has 1 amide bonds. The highest BCUT2D eigenvalue weighted by Crippen LogP contribution is 2.30. The lowest BCUT2D eigenvalue weighted by Gasteiger charge is -2.27. The van der Waals surface area contributed by atoms with Crippen molar-refractivity contribution in [1.29, 1.82) is 0 Å². The quantitative estimate of drug-likeness (QED) is 0.884. The SMILES string of the molecule is CC(C)(CC(N)=O)n1c(N)nc2c(F)cc(F)cc21. The molecule has 5 nitrogen and oxygen atoms in total. The number of carbonyl (C=O) groups excluding carboxylic acids is 1. The smallest absolute Gasteiger partial charge is 0.219 e. The Labute approximate surface area is 108 Å². The van der Waals surface area contributed by atoms with Gasteiger partial charge in [0.05, 0.1) is 11.1 Å². The van der Waals surface area contributed by atoms with Crippen LogP contribution in [0.3, 0.4) is 0 Å². The molecule has 1 heterocycles. The van der Waals surface area contributed by atoms with Crippen LogP contribution < -0.4 is 11.5 Å². The summed E-state index contributed by atoms with van der Waals surface area (Å²) in [4.78, 5) is 15.0. The van der Waals surface area contributed by atoms with Crippen LogP contribution in [0.1, 0.15) is 20.3 Å². The number of imidazole rings is 1. The van der Waals surface area contributed by atoms with Crippen molar-refractivity contribution in [3.63, 3.8) is 0 Å². The maximum atomic E-state index is 13.6. The molecule has 0 aliphatic carbocycles. The second kappa shape index (κ2) is 4.18. The Morgan fingerprint density at radius 1 is 1.42 bits per heavy atom. The Hall–Kier alpha value is -2.18. The molecule has 0 bridgehead atoms. The second-order valence-corrected chi connectivity index (χ2v) is 5.02. The lowest BCUT2D eigenvalue weighted by molar-refractivity contribution is -0.119. The number of primary amides is 1. The summed E-state index contributed by atoms with van der Waals surface area (Å²) in [6.07, 6.45) is -0.0270. The first-order chi connectivity index (χ1) is 8.72. The third-order valence-corrected chi connectivity index (χ3v) is 2.92. The van der Waals surface area contributed by atoms with Crippen LogP contribution in [-0.2, 0) is 10.3 Å². The second-order valence-electron chi connectivity index (χ2n) is 5.02. The Morgan fingerprint density at radius 3 is 2.63 bits per heavy atom. The monoisotopic (exact) mass is 268 g/mol. The van der Waals surface area contributed by atoms with Crippen LogP contribution in [0.2, 0.25) is 0 Å². The maximum absolute atomic E-state index is 13.6. The maximum Gasteiger partial charge on any atom is 0.219 e. The molecule has 1 aromatic carbocycles. The number of carbonyl (C=O) groups is 1. The molecule has 0 unspecified atom stereocenters. The molecule has 0 aliphatic rings. The summed E-state index contributed by atoms with van der Waals surface area (Å²) in [5.41, 5.74) is 10.3. The van der Waals surface area contributed by atoms with Gasteiger partial charge >= 0.3 is 0 Å². The van der Waals surface area contributed by atoms with E-state index in [2.05, 4.69) is 4.98 Å². The zero-order chi connectivity index (χ0) is 14.4. The van der Waals surface area contributed by atoms with Crippen molar-refractivity contribution in [2.24, 2.45) is 5.73 Å². The molecule has 2 aromatic rings. The van der Waals surface area contributed by atoms with Gasteiger partial charge in [-0.3, -0.25) is 4.79 Å². The molecular weight excluding hydrogens is 254 g/mol. The third kappa shape index (κ3) is 2.23. The van der Waals surface area contributed by atoms with Crippen LogP contribution in [0.4, 0.5) is 14.7 Å². The van der Waals surface area contributed by atoms with E-state index in [0.29, 0.717) is 0 Å². The average molecular weight is 268 g/mol. The molecule has 0 fully saturated rings. The van der Waals surface area contributed by atoms with E-state index < -0.39 is 23.1 Å². The fraction of sp³-hybridized carbons (Fsp3) is 0.333. The fourth-order valence-electron chi connectivity index (χ4n) is 2.26. The first-order valence-electron chi connectivity index (χ1n) is 5.64. The molecule has 2 rings (SSSR count). The zero-order valence-electron chi connectivity index (χ0n) is 10.6. The molecule has 7 heteroatoms. The number of benzene rings is 1. The van der Waals surface area contributed by atoms with E-state index >= 15 is 0 Å². The minimum atomic E-state index is -0.828. The Kier molecular flexibility index (Phi) is 2.92. The van der Waals surface area contributed by atoms with Crippen molar-refractivity contribution in [1.82, 2.24) is 9.55 Å². The van der Waals surface area contributed by atoms with Crippen LogP contribution in [0.5, 0.6) is 0 Å². The number of hydrogen-bond acceptors (Lipinski definition) is 3. The van der Waals surface area contributed by atoms with Crippen LogP contribution in [0.25, 0.3) is 11.0 Å². The number of halogens is 2. The van der Waals surface area contributed by atoms with E-state index in [4.69, 9.17) is 11.5 Å². The normalized spacial score (nSPS) is 12.0. The van der Waals surface area contributed by atoms with E-state index in [9.17, 15) is 13.6 Å².